The molecular weight excluding hydrogens is 450 g/mol. The lowest BCUT2D eigenvalue weighted by atomic mass is 10.1. The van der Waals surface area contributed by atoms with E-state index in [1.807, 2.05) is 18.2 Å². The molecule has 1 aliphatic heterocycles. The summed E-state index contributed by atoms with van der Waals surface area (Å²) < 4.78 is 34.5. The molecule has 0 saturated heterocycles. The summed E-state index contributed by atoms with van der Waals surface area (Å²) in [6.07, 6.45) is 0. The van der Waals surface area contributed by atoms with E-state index in [-0.39, 0.29) is 17.2 Å². The molecule has 1 heterocycles. The maximum atomic E-state index is 13.2. The van der Waals surface area contributed by atoms with Crippen molar-refractivity contribution in [2.45, 2.75) is 16.4 Å². The van der Waals surface area contributed by atoms with Crippen LogP contribution in [0.1, 0.15) is 20.7 Å². The number of rotatable bonds is 7. The smallest absolute Gasteiger partial charge is 0.387 e. The van der Waals surface area contributed by atoms with Crippen LogP contribution in [0.3, 0.4) is 0 Å². The number of hydrogen-bond donors (Lipinski definition) is 1. The molecule has 0 spiro atoms. The van der Waals surface area contributed by atoms with Gasteiger partial charge in [0.1, 0.15) is 5.75 Å². The highest BCUT2D eigenvalue weighted by Crippen LogP contribution is 2.42. The molecule has 0 aliphatic carbocycles. The second-order valence-corrected chi connectivity index (χ2v) is 8.17. The van der Waals surface area contributed by atoms with Crippen molar-refractivity contribution in [2.75, 3.05) is 30.5 Å². The van der Waals surface area contributed by atoms with E-state index in [1.165, 1.54) is 36.0 Å². The van der Waals surface area contributed by atoms with Gasteiger partial charge in [0, 0.05) is 34.7 Å². The van der Waals surface area contributed by atoms with Crippen LogP contribution in [0.25, 0.3) is 0 Å². The van der Waals surface area contributed by atoms with Crippen LogP contribution in [0.2, 0.25) is 0 Å². The van der Waals surface area contributed by atoms with Crippen molar-refractivity contribution in [1.82, 2.24) is 0 Å². The quantitative estimate of drug-likeness (QED) is 0.508. The summed E-state index contributed by atoms with van der Waals surface area (Å²) in [6.45, 7) is -2.23. The van der Waals surface area contributed by atoms with Crippen molar-refractivity contribution in [3.05, 3.63) is 77.9 Å². The van der Waals surface area contributed by atoms with Gasteiger partial charge < -0.3 is 19.7 Å². The highest BCUT2D eigenvalue weighted by molar-refractivity contribution is 7.99. The zero-order valence-electron chi connectivity index (χ0n) is 17.6. The predicted molar refractivity (Wildman–Crippen MR) is 122 cm³/mol. The van der Waals surface area contributed by atoms with Gasteiger partial charge >= 0.3 is 6.61 Å². The van der Waals surface area contributed by atoms with E-state index in [0.717, 1.165) is 9.79 Å². The zero-order chi connectivity index (χ0) is 23.4. The molecule has 1 aliphatic rings. The summed E-state index contributed by atoms with van der Waals surface area (Å²) in [4.78, 5) is 29.1. The van der Waals surface area contributed by atoms with Crippen molar-refractivity contribution in [1.29, 1.82) is 0 Å². The van der Waals surface area contributed by atoms with Crippen LogP contribution in [0.15, 0.2) is 76.5 Å². The second kappa shape index (κ2) is 10.0. The lowest BCUT2D eigenvalue weighted by molar-refractivity contribution is -0.0498. The van der Waals surface area contributed by atoms with Crippen LogP contribution < -0.4 is 15.0 Å². The number of hydrogen-bond acceptors (Lipinski definition) is 5. The number of ether oxygens (including phenoxy) is 2. The minimum Gasteiger partial charge on any atom is -0.435 e. The van der Waals surface area contributed by atoms with Crippen LogP contribution >= 0.6 is 11.8 Å². The molecule has 0 unspecified atom stereocenters. The van der Waals surface area contributed by atoms with E-state index in [1.54, 1.807) is 36.3 Å². The topological polar surface area (TPSA) is 67.9 Å². The van der Waals surface area contributed by atoms with Crippen molar-refractivity contribution in [2.24, 2.45) is 0 Å². The monoisotopic (exact) mass is 470 g/mol. The Morgan fingerprint density at radius 1 is 1.06 bits per heavy atom. The molecule has 0 aromatic heterocycles. The average molecular weight is 470 g/mol. The van der Waals surface area contributed by atoms with E-state index >= 15 is 0 Å². The summed E-state index contributed by atoms with van der Waals surface area (Å²) in [6, 6.07) is 18.2. The molecule has 3 aromatic carbocycles. The number of anilines is 2. The summed E-state index contributed by atoms with van der Waals surface area (Å²) in [7, 11) is 1.58. The van der Waals surface area contributed by atoms with Crippen molar-refractivity contribution < 1.29 is 27.8 Å². The van der Waals surface area contributed by atoms with Gasteiger partial charge in [-0.05, 0) is 48.5 Å². The third-order valence-corrected chi connectivity index (χ3v) is 6.05. The molecule has 170 valence electrons. The SMILES string of the molecule is COCCN1C(=O)c2ccccc2Sc2cc(NC(=O)c3cccc(OC(F)F)c3)ccc21. The number of fused-ring (bicyclic) bond motifs is 2. The maximum Gasteiger partial charge on any atom is 0.387 e. The molecular formula is C24H20F2N2O4S. The molecule has 0 atom stereocenters. The first-order valence-corrected chi connectivity index (χ1v) is 10.9. The molecule has 2 amide bonds. The van der Waals surface area contributed by atoms with Gasteiger partial charge in [0.2, 0.25) is 0 Å². The third-order valence-electron chi connectivity index (χ3n) is 4.93. The Labute approximate surface area is 193 Å². The number of carbonyl (C=O) groups is 2. The molecule has 33 heavy (non-hydrogen) atoms. The molecule has 0 saturated carbocycles. The Balaban J connectivity index is 1.63. The Bertz CT molecular complexity index is 1190. The highest BCUT2D eigenvalue weighted by atomic mass is 32.2. The first-order chi connectivity index (χ1) is 16.0. The summed E-state index contributed by atoms with van der Waals surface area (Å²) in [5, 5.41) is 2.78. The standard InChI is InChI=1S/C24H20F2N2O4S/c1-31-12-11-28-19-10-9-16(14-21(19)33-20-8-3-2-7-18(20)23(28)30)27-22(29)15-5-4-6-17(13-15)32-24(25)26/h2-10,13-14,24H,11-12H2,1H3,(H,27,29). The fraction of sp³-hybridized carbons (Fsp3) is 0.167. The Hall–Kier alpha value is -3.43. The molecule has 4 rings (SSSR count). The second-order valence-electron chi connectivity index (χ2n) is 7.09. The van der Waals surface area contributed by atoms with Crippen molar-refractivity contribution in [3.63, 3.8) is 0 Å². The largest absolute Gasteiger partial charge is 0.435 e. The molecule has 0 fully saturated rings. The van der Waals surface area contributed by atoms with Crippen molar-refractivity contribution >= 4 is 35.0 Å². The lowest BCUT2D eigenvalue weighted by Crippen LogP contribution is -2.33. The summed E-state index contributed by atoms with van der Waals surface area (Å²) in [5.74, 6) is -0.693. The lowest BCUT2D eigenvalue weighted by Gasteiger charge is -2.23. The number of amides is 2. The van der Waals surface area contributed by atoms with E-state index in [4.69, 9.17) is 4.74 Å². The van der Waals surface area contributed by atoms with E-state index in [2.05, 4.69) is 10.1 Å². The number of carbonyl (C=O) groups excluding carboxylic acids is 2. The van der Waals surface area contributed by atoms with Crippen LogP contribution in [0.4, 0.5) is 20.2 Å². The van der Waals surface area contributed by atoms with Gasteiger partial charge in [-0.1, -0.05) is 30.0 Å². The van der Waals surface area contributed by atoms with Gasteiger partial charge in [-0.15, -0.1) is 0 Å². The van der Waals surface area contributed by atoms with Gasteiger partial charge in [0.15, 0.2) is 0 Å². The minimum atomic E-state index is -2.98. The van der Waals surface area contributed by atoms with Gasteiger partial charge in [-0.3, -0.25) is 9.59 Å². The highest BCUT2D eigenvalue weighted by Gasteiger charge is 2.27. The van der Waals surface area contributed by atoms with Gasteiger partial charge in [0.05, 0.1) is 17.9 Å². The first-order valence-electron chi connectivity index (χ1n) is 10.0. The first kappa shape index (κ1) is 22.8. The summed E-state index contributed by atoms with van der Waals surface area (Å²) in [5.41, 5.74) is 1.99. The fourth-order valence-electron chi connectivity index (χ4n) is 3.42. The fourth-order valence-corrected chi connectivity index (χ4v) is 4.54. The van der Waals surface area contributed by atoms with Crippen LogP contribution in [-0.2, 0) is 4.74 Å². The van der Waals surface area contributed by atoms with Crippen LogP contribution in [-0.4, -0.2) is 38.7 Å². The Kier molecular flexibility index (Phi) is 6.90. The van der Waals surface area contributed by atoms with Gasteiger partial charge in [-0.25, -0.2) is 0 Å². The number of halogens is 2. The Morgan fingerprint density at radius 3 is 2.67 bits per heavy atom. The molecule has 1 N–H and O–H groups in total. The van der Waals surface area contributed by atoms with Crippen LogP contribution in [0, 0.1) is 0 Å². The normalized spacial score (nSPS) is 12.7. The molecule has 6 nitrogen and oxygen atoms in total. The predicted octanol–water partition coefficient (Wildman–Crippen LogP) is 5.30. The van der Waals surface area contributed by atoms with Crippen LogP contribution in [0.5, 0.6) is 5.75 Å². The number of nitrogens with one attached hydrogen (secondary N) is 1. The molecule has 0 bridgehead atoms. The average Bonchev–Trinajstić information content (AvgIpc) is 2.91. The molecule has 0 radical (unpaired) electrons. The third kappa shape index (κ3) is 5.15. The minimum absolute atomic E-state index is 0.0981. The van der Waals surface area contributed by atoms with E-state index < -0.39 is 12.5 Å². The maximum absolute atomic E-state index is 13.2. The van der Waals surface area contributed by atoms with E-state index in [9.17, 15) is 18.4 Å². The zero-order valence-corrected chi connectivity index (χ0v) is 18.4. The number of methoxy groups -OCH3 is 1. The number of alkyl halides is 2. The summed E-state index contributed by atoms with van der Waals surface area (Å²) >= 11 is 1.43. The van der Waals surface area contributed by atoms with Gasteiger partial charge in [0.25, 0.3) is 11.8 Å². The van der Waals surface area contributed by atoms with Crippen molar-refractivity contribution in [3.8, 4) is 5.75 Å². The Morgan fingerprint density at radius 2 is 1.88 bits per heavy atom. The number of benzene rings is 3. The van der Waals surface area contributed by atoms with E-state index in [0.29, 0.717) is 30.1 Å². The molecule has 3 aromatic rings. The van der Waals surface area contributed by atoms with Gasteiger partial charge in [-0.2, -0.15) is 8.78 Å². The number of nitrogens with zero attached hydrogens (tertiary/aromatic N) is 1. The molecule has 9 heteroatoms.